The zero-order valence-corrected chi connectivity index (χ0v) is 15.9. The van der Waals surface area contributed by atoms with Crippen LogP contribution in [0.4, 0.5) is 0 Å². The number of carbonyl (C=O) groups excluding carboxylic acids is 3. The van der Waals surface area contributed by atoms with Gasteiger partial charge in [-0.25, -0.2) is 9.59 Å². The molecule has 0 spiro atoms. The molecule has 5 atom stereocenters. The van der Waals surface area contributed by atoms with E-state index in [2.05, 4.69) is 11.7 Å². The lowest BCUT2D eigenvalue weighted by Gasteiger charge is -2.37. The first-order chi connectivity index (χ1) is 12.0. The molecule has 0 aliphatic heterocycles. The number of hydrogen-bond donors (Lipinski definition) is 1. The lowest BCUT2D eigenvalue weighted by atomic mass is 9.75. The standard InChI is InChI=1S/C18H28O8/c1-9(2)13-7-6-10(3)8-14(13)26-18(23)16(25-12(5)20)15(17(21)22)24-11(4)19/h9-10,13-16H,6-8H2,1-5H3,(H,21,22)/t10?,13?,14?,15-,16-/m0/s1. The van der Waals surface area contributed by atoms with Crippen molar-refractivity contribution in [2.75, 3.05) is 0 Å². The number of carboxylic acids is 1. The zero-order chi connectivity index (χ0) is 20.0. The molecule has 1 rings (SSSR count). The molecule has 0 aromatic heterocycles. The van der Waals surface area contributed by atoms with Crippen molar-refractivity contribution in [3.63, 3.8) is 0 Å². The van der Waals surface area contributed by atoms with Crippen LogP contribution in [-0.4, -0.2) is 47.3 Å². The lowest BCUT2D eigenvalue weighted by molar-refractivity contribution is -0.193. The Bertz CT molecular complexity index is 541. The van der Waals surface area contributed by atoms with Crippen molar-refractivity contribution >= 4 is 23.9 Å². The van der Waals surface area contributed by atoms with E-state index in [1.54, 1.807) is 0 Å². The molecule has 1 saturated carbocycles. The predicted molar refractivity (Wildman–Crippen MR) is 90.0 cm³/mol. The summed E-state index contributed by atoms with van der Waals surface area (Å²) in [6.45, 7) is 8.16. The maximum Gasteiger partial charge on any atom is 0.352 e. The molecule has 0 radical (unpaired) electrons. The summed E-state index contributed by atoms with van der Waals surface area (Å²) in [7, 11) is 0. The Balaban J connectivity index is 3.01. The van der Waals surface area contributed by atoms with Crippen LogP contribution in [0.2, 0.25) is 0 Å². The van der Waals surface area contributed by atoms with Gasteiger partial charge in [0.25, 0.3) is 0 Å². The maximum atomic E-state index is 12.6. The number of rotatable bonds is 7. The molecule has 0 saturated heterocycles. The molecule has 8 nitrogen and oxygen atoms in total. The van der Waals surface area contributed by atoms with Gasteiger partial charge in [0, 0.05) is 13.8 Å². The van der Waals surface area contributed by atoms with E-state index in [0.29, 0.717) is 12.3 Å². The van der Waals surface area contributed by atoms with Gasteiger partial charge < -0.3 is 19.3 Å². The molecule has 0 amide bonds. The summed E-state index contributed by atoms with van der Waals surface area (Å²) >= 11 is 0. The van der Waals surface area contributed by atoms with Gasteiger partial charge in [-0.15, -0.1) is 0 Å². The third-order valence-electron chi connectivity index (χ3n) is 4.57. The van der Waals surface area contributed by atoms with E-state index in [1.165, 1.54) is 0 Å². The van der Waals surface area contributed by atoms with Crippen LogP contribution in [0, 0.1) is 17.8 Å². The van der Waals surface area contributed by atoms with Crippen molar-refractivity contribution in [3.05, 3.63) is 0 Å². The summed E-state index contributed by atoms with van der Waals surface area (Å²) in [5, 5.41) is 9.27. The number of ether oxygens (including phenoxy) is 3. The third-order valence-corrected chi connectivity index (χ3v) is 4.57. The van der Waals surface area contributed by atoms with Gasteiger partial charge in [-0.2, -0.15) is 0 Å². The van der Waals surface area contributed by atoms with Gasteiger partial charge in [-0.3, -0.25) is 9.59 Å². The van der Waals surface area contributed by atoms with Crippen molar-refractivity contribution in [1.82, 2.24) is 0 Å². The number of esters is 3. The molecule has 0 heterocycles. The van der Waals surface area contributed by atoms with E-state index in [0.717, 1.165) is 26.7 Å². The summed E-state index contributed by atoms with van der Waals surface area (Å²) < 4.78 is 15.0. The lowest BCUT2D eigenvalue weighted by Crippen LogP contribution is -2.48. The Morgan fingerprint density at radius 2 is 1.50 bits per heavy atom. The summed E-state index contributed by atoms with van der Waals surface area (Å²) in [5.74, 6) is -3.63. The minimum Gasteiger partial charge on any atom is -0.478 e. The first-order valence-electron chi connectivity index (χ1n) is 8.80. The second kappa shape index (κ2) is 9.54. The van der Waals surface area contributed by atoms with E-state index < -0.39 is 42.2 Å². The Kier molecular flexibility index (Phi) is 8.05. The van der Waals surface area contributed by atoms with Crippen molar-refractivity contribution in [2.24, 2.45) is 17.8 Å². The van der Waals surface area contributed by atoms with Crippen molar-refractivity contribution in [1.29, 1.82) is 0 Å². The van der Waals surface area contributed by atoms with E-state index in [4.69, 9.17) is 9.47 Å². The maximum absolute atomic E-state index is 12.6. The number of carboxylic acid groups (broad SMARTS) is 1. The Hall–Kier alpha value is -2.12. The van der Waals surface area contributed by atoms with Gasteiger partial charge in [0.2, 0.25) is 12.2 Å². The quantitative estimate of drug-likeness (QED) is 0.532. The monoisotopic (exact) mass is 372 g/mol. The minimum atomic E-state index is -1.96. The SMILES string of the molecule is CC(=O)O[C@H](C(=O)O)[C@H](OC(C)=O)C(=O)OC1CC(C)CCC1C(C)C. The highest BCUT2D eigenvalue weighted by molar-refractivity contribution is 5.88. The zero-order valence-electron chi connectivity index (χ0n) is 15.9. The largest absolute Gasteiger partial charge is 0.478 e. The summed E-state index contributed by atoms with van der Waals surface area (Å²) in [5.41, 5.74) is 0. The van der Waals surface area contributed by atoms with Gasteiger partial charge in [-0.1, -0.05) is 27.2 Å². The van der Waals surface area contributed by atoms with Crippen LogP contribution in [-0.2, 0) is 33.4 Å². The molecule has 8 heteroatoms. The average Bonchev–Trinajstić information content (AvgIpc) is 2.49. The van der Waals surface area contributed by atoms with Crippen LogP contribution in [0.15, 0.2) is 0 Å². The fourth-order valence-corrected chi connectivity index (χ4v) is 3.30. The summed E-state index contributed by atoms with van der Waals surface area (Å²) in [6.07, 6.45) is -1.65. The Labute approximate surface area is 153 Å². The van der Waals surface area contributed by atoms with Crippen LogP contribution in [0.5, 0.6) is 0 Å². The van der Waals surface area contributed by atoms with Gasteiger partial charge in [0.1, 0.15) is 6.10 Å². The smallest absolute Gasteiger partial charge is 0.352 e. The number of hydrogen-bond acceptors (Lipinski definition) is 7. The van der Waals surface area contributed by atoms with Crippen LogP contribution < -0.4 is 0 Å². The van der Waals surface area contributed by atoms with Crippen molar-refractivity contribution in [2.45, 2.75) is 72.2 Å². The van der Waals surface area contributed by atoms with E-state index in [-0.39, 0.29) is 11.8 Å². The first-order valence-corrected chi connectivity index (χ1v) is 8.80. The van der Waals surface area contributed by atoms with Crippen LogP contribution in [0.25, 0.3) is 0 Å². The highest BCUT2D eigenvalue weighted by Crippen LogP contribution is 2.35. The van der Waals surface area contributed by atoms with E-state index in [1.807, 2.05) is 13.8 Å². The molecule has 1 fully saturated rings. The summed E-state index contributed by atoms with van der Waals surface area (Å²) in [6, 6.07) is 0. The molecular formula is C18H28O8. The second-order valence-corrected chi connectivity index (χ2v) is 7.20. The molecule has 1 aliphatic carbocycles. The molecule has 148 valence electrons. The van der Waals surface area contributed by atoms with Crippen LogP contribution >= 0.6 is 0 Å². The van der Waals surface area contributed by atoms with E-state index in [9.17, 15) is 24.3 Å². The molecule has 1 aliphatic rings. The number of aliphatic carboxylic acids is 1. The van der Waals surface area contributed by atoms with Crippen LogP contribution in [0.1, 0.15) is 53.9 Å². The number of carbonyl (C=O) groups is 4. The van der Waals surface area contributed by atoms with Gasteiger partial charge in [0.15, 0.2) is 0 Å². The molecule has 0 aromatic carbocycles. The van der Waals surface area contributed by atoms with Crippen LogP contribution in [0.3, 0.4) is 0 Å². The van der Waals surface area contributed by atoms with Crippen molar-refractivity contribution in [3.8, 4) is 0 Å². The topological polar surface area (TPSA) is 116 Å². The first kappa shape index (κ1) is 21.9. The summed E-state index contributed by atoms with van der Waals surface area (Å²) in [4.78, 5) is 46.5. The van der Waals surface area contributed by atoms with Gasteiger partial charge >= 0.3 is 23.9 Å². The second-order valence-electron chi connectivity index (χ2n) is 7.20. The fraction of sp³-hybridized carbons (Fsp3) is 0.778. The van der Waals surface area contributed by atoms with Gasteiger partial charge in [0.05, 0.1) is 0 Å². The average molecular weight is 372 g/mol. The van der Waals surface area contributed by atoms with Crippen molar-refractivity contribution < 1.29 is 38.5 Å². The fourth-order valence-electron chi connectivity index (χ4n) is 3.30. The van der Waals surface area contributed by atoms with E-state index >= 15 is 0 Å². The molecule has 3 unspecified atom stereocenters. The molecule has 26 heavy (non-hydrogen) atoms. The normalized spacial score (nSPS) is 25.1. The molecule has 0 bridgehead atoms. The third kappa shape index (κ3) is 6.31. The molecular weight excluding hydrogens is 344 g/mol. The minimum absolute atomic E-state index is 0.130. The Morgan fingerprint density at radius 1 is 0.962 bits per heavy atom. The predicted octanol–water partition coefficient (Wildman–Crippen LogP) is 1.94. The highest BCUT2D eigenvalue weighted by Gasteiger charge is 2.43. The Morgan fingerprint density at radius 3 is 1.96 bits per heavy atom. The van der Waals surface area contributed by atoms with Gasteiger partial charge in [-0.05, 0) is 30.6 Å². The molecule has 0 aromatic rings. The molecule has 1 N–H and O–H groups in total. The highest BCUT2D eigenvalue weighted by atomic mass is 16.6.